The summed E-state index contributed by atoms with van der Waals surface area (Å²) >= 11 is -1.88. The van der Waals surface area contributed by atoms with Crippen molar-refractivity contribution >= 4 is 23.7 Å². The Bertz CT molecular complexity index is 615. The average molecular weight is 514 g/mol. The quantitative estimate of drug-likeness (QED) is 0.399. The topological polar surface area (TPSA) is 74.6 Å². The Kier molecular flexibility index (Phi) is 8.21. The molecule has 0 amide bonds. The van der Waals surface area contributed by atoms with Gasteiger partial charge in [0.25, 0.3) is 0 Å². The molecule has 19 heteroatoms. The van der Waals surface area contributed by atoms with Crippen LogP contribution in [-0.4, -0.2) is 68.7 Å². The zero-order valence-electron chi connectivity index (χ0n) is 14.0. The van der Waals surface area contributed by atoms with Crippen LogP contribution in [0.3, 0.4) is 0 Å². The van der Waals surface area contributed by atoms with Crippen molar-refractivity contribution in [3.8, 4) is 0 Å². The summed E-state index contributed by atoms with van der Waals surface area (Å²) in [5.41, 5.74) is 0. The second kappa shape index (κ2) is 8.68. The molecule has 0 aliphatic carbocycles. The van der Waals surface area contributed by atoms with Crippen LogP contribution in [0.1, 0.15) is 12.8 Å². The minimum Gasteiger partial charge on any atom is -0.481 e. The smallest absolute Gasteiger partial charge is 0.459 e. The molecule has 0 aliphatic heterocycles. The number of carboxylic acid groups (broad SMARTS) is 2. The van der Waals surface area contributed by atoms with Gasteiger partial charge in [-0.25, -0.2) is 0 Å². The van der Waals surface area contributed by atoms with E-state index in [1.807, 2.05) is 0 Å². The Morgan fingerprint density at radius 2 is 0.806 bits per heavy atom. The van der Waals surface area contributed by atoms with Crippen LogP contribution in [0.5, 0.6) is 0 Å². The van der Waals surface area contributed by atoms with Crippen LogP contribution in [0, 0.1) is 0 Å². The van der Waals surface area contributed by atoms with E-state index in [9.17, 15) is 71.1 Å². The molecule has 0 heterocycles. The van der Waals surface area contributed by atoms with Crippen molar-refractivity contribution < 1.29 is 81.3 Å². The molecule has 0 aromatic heterocycles. The first-order valence-corrected chi connectivity index (χ1v) is 8.02. The minimum absolute atomic E-state index is 1.88. The molecule has 0 saturated heterocycles. The van der Waals surface area contributed by atoms with Gasteiger partial charge in [0.2, 0.25) is 0 Å². The number of thioether (sulfide) groups is 1. The lowest BCUT2D eigenvalue weighted by Gasteiger charge is -2.38. The summed E-state index contributed by atoms with van der Waals surface area (Å²) in [5.74, 6) is -33.0. The fourth-order valence-electron chi connectivity index (χ4n) is 1.82. The summed E-state index contributed by atoms with van der Waals surface area (Å²) < 4.78 is 181. The van der Waals surface area contributed by atoms with Crippen LogP contribution in [0.15, 0.2) is 0 Å². The number of rotatable bonds is 10. The molecule has 0 aromatic rings. The van der Waals surface area contributed by atoms with Gasteiger partial charge in [-0.1, -0.05) is 0 Å². The van der Waals surface area contributed by atoms with E-state index >= 15 is 0 Å². The molecule has 2 unspecified atom stereocenters. The molecule has 0 aromatic carbocycles. The molecule has 0 spiro atoms. The van der Waals surface area contributed by atoms with Crippen molar-refractivity contribution in [2.24, 2.45) is 0 Å². The Labute approximate surface area is 165 Å². The van der Waals surface area contributed by atoms with E-state index in [2.05, 4.69) is 0 Å². The Hall–Kier alpha value is -1.69. The molecule has 0 fully saturated rings. The van der Waals surface area contributed by atoms with Crippen molar-refractivity contribution in [2.75, 3.05) is 0 Å². The lowest BCUT2D eigenvalue weighted by molar-refractivity contribution is -0.355. The number of hydrogen-bond donors (Lipinski definition) is 2. The fourth-order valence-corrected chi connectivity index (χ4v) is 3.33. The van der Waals surface area contributed by atoms with Gasteiger partial charge in [-0.2, -0.15) is 61.5 Å². The summed E-state index contributed by atoms with van der Waals surface area (Å²) in [4.78, 5) is 21.1. The lowest BCUT2D eigenvalue weighted by atomic mass is 10.0. The SMILES string of the molecule is O=C(O)CC(SC(CC(=O)O)C(F)(F)C(F)(F)C(F)(F)F)C(F)(F)C(F)(F)C(F)(F)F. The largest absolute Gasteiger partial charge is 0.481 e. The van der Waals surface area contributed by atoms with Gasteiger partial charge in [-0.15, -0.1) is 11.8 Å². The van der Waals surface area contributed by atoms with E-state index in [0.717, 1.165) is 0 Å². The van der Waals surface area contributed by atoms with Crippen LogP contribution in [0.25, 0.3) is 0 Å². The van der Waals surface area contributed by atoms with Gasteiger partial charge in [0.1, 0.15) is 0 Å². The van der Waals surface area contributed by atoms with Crippen LogP contribution < -0.4 is 0 Å². The molecule has 2 atom stereocenters. The average Bonchev–Trinajstić information content (AvgIpc) is 2.49. The molecule has 0 rings (SSSR count). The Balaban J connectivity index is 6.55. The number of halogens is 14. The first-order valence-electron chi connectivity index (χ1n) is 7.07. The Morgan fingerprint density at radius 1 is 0.581 bits per heavy atom. The van der Waals surface area contributed by atoms with Gasteiger partial charge in [0.15, 0.2) is 0 Å². The second-order valence-corrected chi connectivity index (χ2v) is 7.11. The second-order valence-electron chi connectivity index (χ2n) is 5.70. The third-order valence-corrected chi connectivity index (χ3v) is 4.99. The highest BCUT2D eigenvalue weighted by molar-refractivity contribution is 8.00. The van der Waals surface area contributed by atoms with Crippen molar-refractivity contribution in [3.05, 3.63) is 0 Å². The van der Waals surface area contributed by atoms with Gasteiger partial charge in [-0.05, 0) is 0 Å². The number of hydrogen-bond acceptors (Lipinski definition) is 3. The normalized spacial score (nSPS) is 16.7. The predicted molar refractivity (Wildman–Crippen MR) is 71.6 cm³/mol. The van der Waals surface area contributed by atoms with E-state index in [4.69, 9.17) is 10.2 Å². The van der Waals surface area contributed by atoms with Crippen LogP contribution >= 0.6 is 11.8 Å². The number of aliphatic carboxylic acids is 2. The first kappa shape index (κ1) is 29.3. The molecule has 31 heavy (non-hydrogen) atoms. The van der Waals surface area contributed by atoms with E-state index in [1.54, 1.807) is 0 Å². The summed E-state index contributed by atoms with van der Waals surface area (Å²) in [6, 6.07) is 0. The maximum Gasteiger partial charge on any atom is 0.459 e. The highest BCUT2D eigenvalue weighted by Gasteiger charge is 2.78. The molecular formula is C12H8F14O4S. The van der Waals surface area contributed by atoms with Crippen LogP contribution in [0.4, 0.5) is 61.5 Å². The van der Waals surface area contributed by atoms with Crippen molar-refractivity contribution in [3.63, 3.8) is 0 Å². The van der Waals surface area contributed by atoms with E-state index in [0.29, 0.717) is 0 Å². The molecule has 2 N–H and O–H groups in total. The van der Waals surface area contributed by atoms with Gasteiger partial charge in [-0.3, -0.25) is 9.59 Å². The highest BCUT2D eigenvalue weighted by Crippen LogP contribution is 2.56. The number of carbonyl (C=O) groups is 2. The van der Waals surface area contributed by atoms with Crippen LogP contribution in [0.2, 0.25) is 0 Å². The fraction of sp³-hybridized carbons (Fsp3) is 0.833. The summed E-state index contributed by atoms with van der Waals surface area (Å²) in [7, 11) is 0. The van der Waals surface area contributed by atoms with Gasteiger partial charge in [0.05, 0.1) is 23.3 Å². The molecule has 184 valence electrons. The Morgan fingerprint density at radius 3 is 0.968 bits per heavy atom. The standard InChI is InChI=1S/C12H8F14O4S/c13-7(14,9(17,18)11(21,22)23)3(1-5(27)28)31-4(2-6(29)30)8(15,16)10(19,20)12(24,25)26/h3-4H,1-2H2,(H,27,28)(H,29,30). The number of carboxylic acids is 2. The highest BCUT2D eigenvalue weighted by atomic mass is 32.2. The first-order chi connectivity index (χ1) is 13.3. The van der Waals surface area contributed by atoms with Gasteiger partial charge in [0, 0.05) is 0 Å². The third kappa shape index (κ3) is 5.76. The third-order valence-electron chi connectivity index (χ3n) is 3.41. The number of alkyl halides is 14. The molecule has 4 nitrogen and oxygen atoms in total. The van der Waals surface area contributed by atoms with Crippen LogP contribution in [-0.2, 0) is 9.59 Å². The summed E-state index contributed by atoms with van der Waals surface area (Å²) in [6.07, 6.45) is -19.4. The van der Waals surface area contributed by atoms with Crippen molar-refractivity contribution in [2.45, 2.75) is 59.4 Å². The maximum atomic E-state index is 13.8. The summed E-state index contributed by atoms with van der Waals surface area (Å²) in [6.45, 7) is 0. The maximum absolute atomic E-state index is 13.8. The molecule has 0 radical (unpaired) electrons. The lowest BCUT2D eigenvalue weighted by Crippen LogP contribution is -2.60. The van der Waals surface area contributed by atoms with Crippen molar-refractivity contribution in [1.29, 1.82) is 0 Å². The van der Waals surface area contributed by atoms with Crippen molar-refractivity contribution in [1.82, 2.24) is 0 Å². The van der Waals surface area contributed by atoms with Gasteiger partial charge >= 0.3 is 48.0 Å². The molecule has 0 bridgehead atoms. The zero-order chi connectivity index (χ0) is 25.4. The zero-order valence-corrected chi connectivity index (χ0v) is 14.8. The minimum atomic E-state index is -7.16. The molecular weight excluding hydrogens is 506 g/mol. The predicted octanol–water partition coefficient (Wildman–Crippen LogP) is 5.07. The summed E-state index contributed by atoms with van der Waals surface area (Å²) in [5, 5.41) is 8.38. The van der Waals surface area contributed by atoms with E-state index in [1.165, 1.54) is 0 Å². The van der Waals surface area contributed by atoms with E-state index in [-0.39, 0.29) is 0 Å². The molecule has 0 aliphatic rings. The van der Waals surface area contributed by atoms with Gasteiger partial charge < -0.3 is 10.2 Å². The monoisotopic (exact) mass is 514 g/mol. The van der Waals surface area contributed by atoms with E-state index < -0.39 is 83.1 Å². The molecule has 0 saturated carbocycles.